The van der Waals surface area contributed by atoms with E-state index in [0.717, 1.165) is 37.3 Å². The van der Waals surface area contributed by atoms with Crippen LogP contribution >= 0.6 is 0 Å². The van der Waals surface area contributed by atoms with Gasteiger partial charge in [0.15, 0.2) is 0 Å². The number of nitrogens with zero attached hydrogens (tertiary/aromatic N) is 3. The van der Waals surface area contributed by atoms with Gasteiger partial charge in [-0.2, -0.15) is 12.7 Å². The molecule has 9 heteroatoms. The lowest BCUT2D eigenvalue weighted by Gasteiger charge is -2.34. The van der Waals surface area contributed by atoms with Crippen molar-refractivity contribution in [2.24, 2.45) is 0 Å². The molecule has 0 spiro atoms. The van der Waals surface area contributed by atoms with Crippen molar-refractivity contribution in [2.45, 2.75) is 60.0 Å². The Morgan fingerprint density at radius 2 is 1.64 bits per heavy atom. The summed E-state index contributed by atoms with van der Waals surface area (Å²) in [7, 11) is -1.11. The van der Waals surface area contributed by atoms with Crippen LogP contribution in [0.2, 0.25) is 0 Å². The van der Waals surface area contributed by atoms with E-state index in [2.05, 4.69) is 5.32 Å². The molecular formula is C27H40N4O4S. The average molecular weight is 517 g/mol. The molecule has 0 fully saturated rings. The molecule has 8 nitrogen and oxygen atoms in total. The van der Waals surface area contributed by atoms with E-state index in [1.807, 2.05) is 71.0 Å². The zero-order valence-electron chi connectivity index (χ0n) is 22.5. The molecule has 0 aromatic heterocycles. The van der Waals surface area contributed by atoms with Crippen LogP contribution in [0.15, 0.2) is 42.5 Å². The summed E-state index contributed by atoms with van der Waals surface area (Å²) in [6.07, 6.45) is 1.17. The molecule has 0 saturated carbocycles. The number of aryl methyl sites for hydroxylation is 3. The first-order chi connectivity index (χ1) is 16.9. The Morgan fingerprint density at radius 3 is 2.22 bits per heavy atom. The number of carbonyl (C=O) groups excluding carboxylic acids is 2. The Kier molecular flexibility index (Phi) is 10.5. The maximum absolute atomic E-state index is 13.9. The second-order valence-corrected chi connectivity index (χ2v) is 11.3. The van der Waals surface area contributed by atoms with Gasteiger partial charge in [-0.25, -0.2) is 4.31 Å². The van der Waals surface area contributed by atoms with Gasteiger partial charge in [-0.05, 0) is 61.9 Å². The van der Waals surface area contributed by atoms with Crippen molar-refractivity contribution < 1.29 is 18.0 Å². The molecule has 1 atom stereocenters. The van der Waals surface area contributed by atoms with Gasteiger partial charge in [-0.3, -0.25) is 9.59 Å². The molecule has 198 valence electrons. The first kappa shape index (κ1) is 29.3. The summed E-state index contributed by atoms with van der Waals surface area (Å²) in [5.74, 6) is -0.682. The van der Waals surface area contributed by atoms with Crippen molar-refractivity contribution in [1.82, 2.24) is 14.5 Å². The molecule has 2 rings (SSSR count). The minimum atomic E-state index is -3.99. The van der Waals surface area contributed by atoms with E-state index >= 15 is 0 Å². The first-order valence-corrected chi connectivity index (χ1v) is 13.7. The number of rotatable bonds is 12. The highest BCUT2D eigenvalue weighted by Gasteiger charge is 2.34. The van der Waals surface area contributed by atoms with Gasteiger partial charge in [0.25, 0.3) is 0 Å². The summed E-state index contributed by atoms with van der Waals surface area (Å²) < 4.78 is 29.0. The van der Waals surface area contributed by atoms with Crippen LogP contribution in [0.1, 0.15) is 48.9 Å². The molecule has 0 heterocycles. The molecule has 1 N–H and O–H groups in total. The molecule has 0 bridgehead atoms. The van der Waals surface area contributed by atoms with E-state index in [1.165, 1.54) is 19.0 Å². The number of hydrogen-bond donors (Lipinski definition) is 1. The second-order valence-electron chi connectivity index (χ2n) is 9.25. The van der Waals surface area contributed by atoms with Crippen molar-refractivity contribution in [1.29, 1.82) is 0 Å². The topological polar surface area (TPSA) is 90.0 Å². The Morgan fingerprint density at radius 1 is 0.972 bits per heavy atom. The van der Waals surface area contributed by atoms with E-state index in [1.54, 1.807) is 6.07 Å². The normalized spacial score (nSPS) is 12.3. The Bertz CT molecular complexity index is 1160. The number of amides is 2. The quantitative estimate of drug-likeness (QED) is 0.467. The molecule has 0 unspecified atom stereocenters. The van der Waals surface area contributed by atoms with Crippen molar-refractivity contribution in [3.63, 3.8) is 0 Å². The average Bonchev–Trinajstić information content (AvgIpc) is 2.83. The second kappa shape index (κ2) is 12.9. The zero-order valence-corrected chi connectivity index (χ0v) is 23.4. The van der Waals surface area contributed by atoms with Crippen LogP contribution in [0.4, 0.5) is 5.69 Å². The van der Waals surface area contributed by atoms with Gasteiger partial charge in [0.1, 0.15) is 12.6 Å². The van der Waals surface area contributed by atoms with Crippen molar-refractivity contribution in [3.8, 4) is 0 Å². The molecule has 2 aromatic carbocycles. The predicted octanol–water partition coefficient (Wildman–Crippen LogP) is 3.56. The summed E-state index contributed by atoms with van der Waals surface area (Å²) in [5.41, 5.74) is 3.95. The lowest BCUT2D eigenvalue weighted by atomic mass is 10.1. The van der Waals surface area contributed by atoms with E-state index in [0.29, 0.717) is 18.7 Å². The number of carbonyl (C=O) groups is 2. The minimum absolute atomic E-state index is 0.201. The van der Waals surface area contributed by atoms with Crippen LogP contribution in [0, 0.1) is 20.8 Å². The van der Waals surface area contributed by atoms with Crippen LogP contribution < -0.4 is 9.62 Å². The molecule has 36 heavy (non-hydrogen) atoms. The van der Waals surface area contributed by atoms with Gasteiger partial charge in [-0.1, -0.05) is 50.2 Å². The van der Waals surface area contributed by atoms with Gasteiger partial charge in [0.05, 0.1) is 5.69 Å². The Labute approximate surface area is 216 Å². The number of benzene rings is 2. The highest BCUT2D eigenvalue weighted by Crippen LogP contribution is 2.26. The fourth-order valence-corrected chi connectivity index (χ4v) is 5.06. The van der Waals surface area contributed by atoms with Gasteiger partial charge in [-0.15, -0.1) is 0 Å². The molecule has 0 radical (unpaired) electrons. The van der Waals surface area contributed by atoms with Crippen molar-refractivity contribution >= 4 is 27.7 Å². The van der Waals surface area contributed by atoms with E-state index in [-0.39, 0.29) is 12.5 Å². The van der Waals surface area contributed by atoms with Gasteiger partial charge >= 0.3 is 10.2 Å². The van der Waals surface area contributed by atoms with E-state index < -0.39 is 28.7 Å². The number of anilines is 1. The standard InChI is InChI=1S/C27H40N4O4S/c1-8-16-28-27(33)24(9-2)30(18-23-13-11-10-12-21(23)4)26(32)19-31(36(34,35)29(6)7)25-17-20(3)14-15-22(25)5/h10-15,17,24H,8-9,16,18-19H2,1-7H3,(H,28,33)/t24-/m0/s1. The monoisotopic (exact) mass is 516 g/mol. The Hall–Kier alpha value is -2.91. The molecule has 0 aliphatic rings. The molecule has 0 aliphatic heterocycles. The van der Waals surface area contributed by atoms with Crippen LogP contribution in [-0.4, -0.2) is 62.7 Å². The largest absolute Gasteiger partial charge is 0.354 e. The third kappa shape index (κ3) is 7.07. The van der Waals surface area contributed by atoms with Crippen molar-refractivity contribution in [2.75, 3.05) is 31.5 Å². The predicted molar refractivity (Wildman–Crippen MR) is 145 cm³/mol. The number of nitrogens with one attached hydrogen (secondary N) is 1. The highest BCUT2D eigenvalue weighted by atomic mass is 32.2. The van der Waals surface area contributed by atoms with E-state index in [4.69, 9.17) is 0 Å². The molecule has 2 aromatic rings. The number of hydrogen-bond acceptors (Lipinski definition) is 4. The van der Waals surface area contributed by atoms with Crippen LogP contribution in [0.5, 0.6) is 0 Å². The van der Waals surface area contributed by atoms with Gasteiger partial charge < -0.3 is 10.2 Å². The SMILES string of the molecule is CCCNC(=O)[C@H](CC)N(Cc1ccccc1C)C(=O)CN(c1cc(C)ccc1C)S(=O)(=O)N(C)C. The zero-order chi connectivity index (χ0) is 27.0. The summed E-state index contributed by atoms with van der Waals surface area (Å²) in [5, 5.41) is 2.90. The summed E-state index contributed by atoms with van der Waals surface area (Å²) in [4.78, 5) is 28.5. The third-order valence-corrected chi connectivity index (χ3v) is 7.99. The summed E-state index contributed by atoms with van der Waals surface area (Å²) >= 11 is 0. The van der Waals surface area contributed by atoms with Crippen LogP contribution in [0.25, 0.3) is 0 Å². The highest BCUT2D eigenvalue weighted by molar-refractivity contribution is 7.90. The molecular weight excluding hydrogens is 476 g/mol. The fraction of sp³-hybridized carbons (Fsp3) is 0.481. The summed E-state index contributed by atoms with van der Waals surface area (Å²) in [6, 6.07) is 12.5. The van der Waals surface area contributed by atoms with Gasteiger partial charge in [0, 0.05) is 27.2 Å². The minimum Gasteiger partial charge on any atom is -0.354 e. The van der Waals surface area contributed by atoms with Crippen molar-refractivity contribution in [3.05, 3.63) is 64.7 Å². The first-order valence-electron chi connectivity index (χ1n) is 12.3. The maximum Gasteiger partial charge on any atom is 0.304 e. The smallest absolute Gasteiger partial charge is 0.304 e. The third-order valence-electron chi connectivity index (χ3n) is 6.19. The lowest BCUT2D eigenvalue weighted by Crippen LogP contribution is -2.53. The van der Waals surface area contributed by atoms with Crippen LogP contribution in [-0.2, 0) is 26.3 Å². The molecule has 0 saturated heterocycles. The summed E-state index contributed by atoms with van der Waals surface area (Å²) in [6.45, 7) is 9.75. The Balaban J connectivity index is 2.56. The molecule has 0 aliphatic carbocycles. The maximum atomic E-state index is 13.9. The van der Waals surface area contributed by atoms with Gasteiger partial charge in [0.2, 0.25) is 11.8 Å². The fourth-order valence-electron chi connectivity index (χ4n) is 3.95. The van der Waals surface area contributed by atoms with E-state index in [9.17, 15) is 18.0 Å². The van der Waals surface area contributed by atoms with Crippen LogP contribution in [0.3, 0.4) is 0 Å². The lowest BCUT2D eigenvalue weighted by molar-refractivity contribution is -0.140. The molecule has 2 amide bonds.